The summed E-state index contributed by atoms with van der Waals surface area (Å²) in [5.74, 6) is -0.354. The highest BCUT2D eigenvalue weighted by atomic mass is 35.5. The van der Waals surface area contributed by atoms with Gasteiger partial charge in [0.1, 0.15) is 0 Å². The summed E-state index contributed by atoms with van der Waals surface area (Å²) >= 11 is 1.26. The Balaban J connectivity index is 0.00000288. The van der Waals surface area contributed by atoms with Gasteiger partial charge in [0.25, 0.3) is 0 Å². The maximum atomic E-state index is 12.5. The summed E-state index contributed by atoms with van der Waals surface area (Å²) in [4.78, 5) is 16.7. The summed E-state index contributed by atoms with van der Waals surface area (Å²) in [6.45, 7) is 3.16. The zero-order chi connectivity index (χ0) is 17.3. The van der Waals surface area contributed by atoms with E-state index in [0.717, 1.165) is 22.6 Å². The van der Waals surface area contributed by atoms with Gasteiger partial charge in [0, 0.05) is 17.5 Å². The molecule has 24 heavy (non-hydrogen) atoms. The van der Waals surface area contributed by atoms with E-state index in [4.69, 9.17) is 5.73 Å². The molecule has 132 valence electrons. The maximum absolute atomic E-state index is 12.5. The average Bonchev–Trinajstić information content (AvgIpc) is 2.84. The Kier molecular flexibility index (Phi) is 6.38. The van der Waals surface area contributed by atoms with Crippen LogP contribution in [-0.2, 0) is 17.4 Å². The zero-order valence-electron chi connectivity index (χ0n) is 13.0. The second kappa shape index (κ2) is 7.50. The van der Waals surface area contributed by atoms with Crippen LogP contribution < -0.4 is 11.1 Å². The van der Waals surface area contributed by atoms with Crippen molar-refractivity contribution in [3.63, 3.8) is 0 Å². The number of thiazole rings is 1. The number of aromatic nitrogens is 1. The van der Waals surface area contributed by atoms with E-state index < -0.39 is 17.3 Å². The highest BCUT2D eigenvalue weighted by Gasteiger charge is 2.30. The number of anilines is 1. The van der Waals surface area contributed by atoms with Gasteiger partial charge >= 0.3 is 6.18 Å². The third-order valence-electron chi connectivity index (χ3n) is 3.02. The largest absolute Gasteiger partial charge is 0.416 e. The number of amides is 1. The molecule has 0 spiro atoms. The number of nitrogens with zero attached hydrogens (tertiary/aromatic N) is 1. The Bertz CT molecular complexity index is 693. The van der Waals surface area contributed by atoms with Crippen molar-refractivity contribution in [3.8, 4) is 0 Å². The van der Waals surface area contributed by atoms with E-state index >= 15 is 0 Å². The molecule has 1 aromatic heterocycles. The molecular formula is C15H17ClF3N3OS. The van der Waals surface area contributed by atoms with Gasteiger partial charge in [-0.2, -0.15) is 13.2 Å². The van der Waals surface area contributed by atoms with Gasteiger partial charge in [0.2, 0.25) is 5.91 Å². The number of alkyl halides is 3. The first-order valence-corrected chi connectivity index (χ1v) is 7.58. The number of rotatable bonds is 4. The third-order valence-corrected chi connectivity index (χ3v) is 3.93. The first-order chi connectivity index (χ1) is 10.6. The molecule has 1 heterocycles. The van der Waals surface area contributed by atoms with E-state index in [1.54, 1.807) is 20.0 Å². The second-order valence-corrected chi connectivity index (χ2v) is 6.79. The van der Waals surface area contributed by atoms with Gasteiger partial charge in [-0.3, -0.25) is 4.79 Å². The van der Waals surface area contributed by atoms with Crippen molar-refractivity contribution in [2.45, 2.75) is 32.0 Å². The Labute approximate surface area is 147 Å². The SMILES string of the molecule is CC(C)(N)C(=O)Nc1ncc(Cc2ccc(C(F)(F)F)cc2)s1.Cl. The highest BCUT2D eigenvalue weighted by molar-refractivity contribution is 7.15. The molecular weight excluding hydrogens is 363 g/mol. The van der Waals surface area contributed by atoms with Crippen LogP contribution in [0.15, 0.2) is 30.5 Å². The summed E-state index contributed by atoms with van der Waals surface area (Å²) in [5.41, 5.74) is 4.72. The molecule has 0 aliphatic carbocycles. The molecule has 0 radical (unpaired) electrons. The monoisotopic (exact) mass is 379 g/mol. The van der Waals surface area contributed by atoms with Crippen LogP contribution in [0.25, 0.3) is 0 Å². The topological polar surface area (TPSA) is 68.0 Å². The summed E-state index contributed by atoms with van der Waals surface area (Å²) in [6.07, 6.45) is -2.31. The summed E-state index contributed by atoms with van der Waals surface area (Å²) in [7, 11) is 0. The molecule has 4 nitrogen and oxygen atoms in total. The van der Waals surface area contributed by atoms with E-state index in [-0.39, 0.29) is 18.3 Å². The molecule has 0 aliphatic heterocycles. The normalized spacial score (nSPS) is 11.8. The quantitative estimate of drug-likeness (QED) is 0.847. The number of nitrogens with one attached hydrogen (secondary N) is 1. The second-order valence-electron chi connectivity index (χ2n) is 5.68. The molecule has 0 aliphatic rings. The Hall–Kier alpha value is -1.64. The number of carbonyl (C=O) groups is 1. The van der Waals surface area contributed by atoms with Crippen LogP contribution in [0, 0.1) is 0 Å². The van der Waals surface area contributed by atoms with Crippen molar-refractivity contribution < 1.29 is 18.0 Å². The fourth-order valence-corrected chi connectivity index (χ4v) is 2.56. The molecule has 2 aromatic rings. The number of benzene rings is 1. The molecule has 1 amide bonds. The number of hydrogen-bond acceptors (Lipinski definition) is 4. The molecule has 0 atom stereocenters. The van der Waals surface area contributed by atoms with Crippen molar-refractivity contribution in [1.82, 2.24) is 4.98 Å². The van der Waals surface area contributed by atoms with Crippen LogP contribution >= 0.6 is 23.7 Å². The molecule has 9 heteroatoms. The maximum Gasteiger partial charge on any atom is 0.416 e. The number of carbonyl (C=O) groups excluding carboxylic acids is 1. The molecule has 0 saturated carbocycles. The van der Waals surface area contributed by atoms with Crippen LogP contribution in [0.5, 0.6) is 0 Å². The lowest BCUT2D eigenvalue weighted by atomic mass is 10.1. The molecule has 1 aromatic carbocycles. The van der Waals surface area contributed by atoms with E-state index in [9.17, 15) is 18.0 Å². The van der Waals surface area contributed by atoms with Gasteiger partial charge in [-0.15, -0.1) is 23.7 Å². The minimum atomic E-state index is -4.34. The first-order valence-electron chi connectivity index (χ1n) is 6.77. The van der Waals surface area contributed by atoms with Gasteiger partial charge in [0.05, 0.1) is 11.1 Å². The average molecular weight is 380 g/mol. The predicted molar refractivity (Wildman–Crippen MR) is 90.5 cm³/mol. The summed E-state index contributed by atoms with van der Waals surface area (Å²) in [5, 5.41) is 3.02. The minimum absolute atomic E-state index is 0. The molecule has 0 unspecified atom stereocenters. The molecule has 2 rings (SSSR count). The van der Waals surface area contributed by atoms with Gasteiger partial charge in [-0.25, -0.2) is 4.98 Å². The van der Waals surface area contributed by atoms with Crippen LogP contribution in [0.2, 0.25) is 0 Å². The van der Waals surface area contributed by atoms with Crippen molar-refractivity contribution in [3.05, 3.63) is 46.5 Å². The predicted octanol–water partition coefficient (Wildman–Crippen LogP) is 3.85. The van der Waals surface area contributed by atoms with Crippen LogP contribution in [0.4, 0.5) is 18.3 Å². The van der Waals surface area contributed by atoms with E-state index in [2.05, 4.69) is 10.3 Å². The molecule has 0 saturated heterocycles. The minimum Gasteiger partial charge on any atom is -0.318 e. The number of nitrogens with two attached hydrogens (primary N) is 1. The lowest BCUT2D eigenvalue weighted by molar-refractivity contribution is -0.137. The van der Waals surface area contributed by atoms with E-state index in [1.165, 1.54) is 23.5 Å². The Morgan fingerprint density at radius 2 is 1.83 bits per heavy atom. The third kappa shape index (κ3) is 5.47. The van der Waals surface area contributed by atoms with Gasteiger partial charge in [0.15, 0.2) is 5.13 Å². The van der Waals surface area contributed by atoms with E-state index in [1.807, 2.05) is 0 Å². The summed E-state index contributed by atoms with van der Waals surface area (Å²) < 4.78 is 37.5. The smallest absolute Gasteiger partial charge is 0.318 e. The Morgan fingerprint density at radius 3 is 2.33 bits per heavy atom. The lowest BCUT2D eigenvalue weighted by Gasteiger charge is -2.16. The lowest BCUT2D eigenvalue weighted by Crippen LogP contribution is -2.45. The van der Waals surface area contributed by atoms with Gasteiger partial charge in [-0.05, 0) is 31.5 Å². The zero-order valence-corrected chi connectivity index (χ0v) is 14.6. The Morgan fingerprint density at radius 1 is 1.25 bits per heavy atom. The van der Waals surface area contributed by atoms with Gasteiger partial charge in [-0.1, -0.05) is 12.1 Å². The van der Waals surface area contributed by atoms with Gasteiger partial charge < -0.3 is 11.1 Å². The van der Waals surface area contributed by atoms with Crippen LogP contribution in [0.1, 0.15) is 29.9 Å². The standard InChI is InChI=1S/C15H16F3N3OS.ClH/c1-14(2,19)12(22)21-13-20-8-11(23-13)7-9-3-5-10(6-4-9)15(16,17)18;/h3-6,8H,7,19H2,1-2H3,(H,20,21,22);1H. The number of hydrogen-bond donors (Lipinski definition) is 2. The highest BCUT2D eigenvalue weighted by Crippen LogP contribution is 2.30. The first kappa shape index (κ1) is 20.4. The fourth-order valence-electron chi connectivity index (χ4n) is 1.72. The van der Waals surface area contributed by atoms with Crippen LogP contribution in [0.3, 0.4) is 0 Å². The van der Waals surface area contributed by atoms with Crippen molar-refractivity contribution in [2.75, 3.05) is 5.32 Å². The molecule has 3 N–H and O–H groups in total. The van der Waals surface area contributed by atoms with Crippen molar-refractivity contribution in [2.24, 2.45) is 5.73 Å². The molecule has 0 fully saturated rings. The van der Waals surface area contributed by atoms with Crippen molar-refractivity contribution in [1.29, 1.82) is 0 Å². The summed E-state index contributed by atoms with van der Waals surface area (Å²) in [6, 6.07) is 4.97. The number of halogens is 4. The van der Waals surface area contributed by atoms with E-state index in [0.29, 0.717) is 11.6 Å². The fraction of sp³-hybridized carbons (Fsp3) is 0.333. The molecule has 0 bridgehead atoms. The van der Waals surface area contributed by atoms with Crippen molar-refractivity contribution >= 4 is 34.8 Å². The van der Waals surface area contributed by atoms with Crippen LogP contribution in [-0.4, -0.2) is 16.4 Å².